The van der Waals surface area contributed by atoms with Crippen LogP contribution in [0.4, 0.5) is 11.4 Å². The largest absolute Gasteiger partial charge is 0.325 e. The monoisotopic (exact) mass is 497 g/mol. The summed E-state index contributed by atoms with van der Waals surface area (Å²) in [7, 11) is -3.71. The number of benzene rings is 1. The molecule has 154 valence electrons. The molecule has 0 aliphatic carbocycles. The number of nitrogens with one attached hydrogen (secondary N) is 1. The molecule has 3 heterocycles. The molecule has 1 atom stereocenters. The second-order valence-electron chi connectivity index (χ2n) is 7.09. The van der Waals surface area contributed by atoms with Gasteiger partial charge in [-0.3, -0.25) is 9.59 Å². The van der Waals surface area contributed by atoms with Crippen molar-refractivity contribution < 1.29 is 18.0 Å². The van der Waals surface area contributed by atoms with Crippen molar-refractivity contribution in [2.45, 2.75) is 36.4 Å². The lowest BCUT2D eigenvalue weighted by molar-refractivity contribution is -0.119. The fraction of sp³-hybridized carbons (Fsp3) is 0.368. The van der Waals surface area contributed by atoms with Crippen molar-refractivity contribution in [3.8, 4) is 0 Å². The van der Waals surface area contributed by atoms with E-state index < -0.39 is 16.1 Å². The molecule has 2 aliphatic rings. The number of amides is 2. The molecule has 1 saturated heterocycles. The van der Waals surface area contributed by atoms with Crippen LogP contribution in [0, 0.1) is 0 Å². The van der Waals surface area contributed by atoms with Crippen LogP contribution in [0.3, 0.4) is 0 Å². The fourth-order valence-electron chi connectivity index (χ4n) is 3.87. The molecule has 0 radical (unpaired) electrons. The Balaban J connectivity index is 1.52. The third-order valence-electron chi connectivity index (χ3n) is 5.24. The molecule has 2 amide bonds. The number of carbonyl (C=O) groups is 2. The van der Waals surface area contributed by atoms with Gasteiger partial charge in [0.25, 0.3) is 10.0 Å². The molecule has 1 unspecified atom stereocenters. The van der Waals surface area contributed by atoms with Gasteiger partial charge in [0.05, 0.1) is 3.79 Å². The Morgan fingerprint density at radius 1 is 1.21 bits per heavy atom. The Labute approximate surface area is 181 Å². The number of rotatable bonds is 4. The number of sulfonamides is 1. The standard InChI is InChI=1S/C19H20BrN3O4S2/c1-12(24)22-10-8-13-11-14(4-5-15(13)22)21-19(25)16-3-2-9-23(16)29(26,27)18-7-6-17(20)28-18/h4-7,11,16H,2-3,8-10H2,1H3,(H,21,25). The lowest BCUT2D eigenvalue weighted by Crippen LogP contribution is -2.42. The summed E-state index contributed by atoms with van der Waals surface area (Å²) < 4.78 is 28.2. The van der Waals surface area contributed by atoms with Crippen molar-refractivity contribution in [3.63, 3.8) is 0 Å². The Morgan fingerprint density at radius 3 is 2.69 bits per heavy atom. The average molecular weight is 498 g/mol. The van der Waals surface area contributed by atoms with Gasteiger partial charge in [0.15, 0.2) is 0 Å². The smallest absolute Gasteiger partial charge is 0.253 e. The van der Waals surface area contributed by atoms with Crippen molar-refractivity contribution in [2.75, 3.05) is 23.3 Å². The third kappa shape index (κ3) is 3.86. The lowest BCUT2D eigenvalue weighted by Gasteiger charge is -2.23. The maximum absolute atomic E-state index is 13.0. The summed E-state index contributed by atoms with van der Waals surface area (Å²) in [6, 6.07) is 7.95. The predicted octanol–water partition coefficient (Wildman–Crippen LogP) is 3.21. The molecule has 29 heavy (non-hydrogen) atoms. The molecule has 1 N–H and O–H groups in total. The Kier molecular flexibility index (Phi) is 5.54. The molecule has 1 fully saturated rings. The van der Waals surface area contributed by atoms with Gasteiger partial charge in [-0.15, -0.1) is 11.3 Å². The van der Waals surface area contributed by atoms with Crippen LogP contribution in [0.5, 0.6) is 0 Å². The van der Waals surface area contributed by atoms with E-state index in [1.54, 1.807) is 23.1 Å². The van der Waals surface area contributed by atoms with E-state index in [-0.39, 0.29) is 16.0 Å². The number of hydrogen-bond acceptors (Lipinski definition) is 5. The number of carbonyl (C=O) groups excluding carboxylic acids is 2. The van der Waals surface area contributed by atoms with E-state index in [0.29, 0.717) is 31.6 Å². The molecule has 2 aliphatic heterocycles. The molecular formula is C19H20BrN3O4S2. The predicted molar refractivity (Wildman–Crippen MR) is 116 cm³/mol. The number of hydrogen-bond donors (Lipinski definition) is 1. The van der Waals surface area contributed by atoms with Crippen molar-refractivity contribution in [1.82, 2.24) is 4.31 Å². The van der Waals surface area contributed by atoms with Gasteiger partial charge in [0.2, 0.25) is 11.8 Å². The van der Waals surface area contributed by atoms with Crippen LogP contribution in [0.15, 0.2) is 38.3 Å². The zero-order chi connectivity index (χ0) is 20.8. The number of thiophene rings is 1. The molecule has 0 spiro atoms. The minimum Gasteiger partial charge on any atom is -0.325 e. The van der Waals surface area contributed by atoms with Crippen LogP contribution in [0.2, 0.25) is 0 Å². The molecule has 1 aromatic heterocycles. The molecule has 10 heteroatoms. The molecule has 4 rings (SSSR count). The summed E-state index contributed by atoms with van der Waals surface area (Å²) >= 11 is 4.43. The zero-order valence-corrected chi connectivity index (χ0v) is 18.9. The highest BCUT2D eigenvalue weighted by Gasteiger charge is 2.40. The van der Waals surface area contributed by atoms with Crippen LogP contribution in [-0.4, -0.2) is 43.7 Å². The van der Waals surface area contributed by atoms with E-state index in [2.05, 4.69) is 21.2 Å². The van der Waals surface area contributed by atoms with Gasteiger partial charge < -0.3 is 10.2 Å². The Bertz CT molecular complexity index is 1080. The van der Waals surface area contributed by atoms with Crippen LogP contribution >= 0.6 is 27.3 Å². The SMILES string of the molecule is CC(=O)N1CCc2cc(NC(=O)C3CCCN3S(=O)(=O)c3ccc(Br)s3)ccc21. The highest BCUT2D eigenvalue weighted by atomic mass is 79.9. The van der Waals surface area contributed by atoms with Gasteiger partial charge in [-0.05, 0) is 71.1 Å². The highest BCUT2D eigenvalue weighted by Crippen LogP contribution is 2.34. The van der Waals surface area contributed by atoms with Crippen molar-refractivity contribution in [2.24, 2.45) is 0 Å². The minimum absolute atomic E-state index is 0.00689. The summed E-state index contributed by atoms with van der Waals surface area (Å²) in [5, 5.41) is 2.86. The first-order valence-electron chi connectivity index (χ1n) is 9.26. The maximum atomic E-state index is 13.0. The summed E-state index contributed by atoms with van der Waals surface area (Å²) in [6.07, 6.45) is 1.86. The van der Waals surface area contributed by atoms with Crippen LogP contribution in [-0.2, 0) is 26.0 Å². The Morgan fingerprint density at radius 2 is 2.00 bits per heavy atom. The van der Waals surface area contributed by atoms with Crippen molar-refractivity contribution in [3.05, 3.63) is 39.7 Å². The van der Waals surface area contributed by atoms with Gasteiger partial charge in [0, 0.05) is 31.4 Å². The normalized spacial score (nSPS) is 19.4. The van der Waals surface area contributed by atoms with E-state index in [9.17, 15) is 18.0 Å². The highest BCUT2D eigenvalue weighted by molar-refractivity contribution is 9.11. The first-order valence-corrected chi connectivity index (χ1v) is 12.3. The Hall–Kier alpha value is -1.75. The van der Waals surface area contributed by atoms with E-state index in [1.165, 1.54) is 11.2 Å². The van der Waals surface area contributed by atoms with Crippen LogP contribution in [0.25, 0.3) is 0 Å². The number of halogens is 1. The van der Waals surface area contributed by atoms with Gasteiger partial charge in [-0.25, -0.2) is 8.42 Å². The second kappa shape index (κ2) is 7.82. The summed E-state index contributed by atoms with van der Waals surface area (Å²) in [5.74, 6) is -0.337. The van der Waals surface area contributed by atoms with E-state index in [1.807, 2.05) is 12.1 Å². The summed E-state index contributed by atoms with van der Waals surface area (Å²) in [4.78, 5) is 26.3. The van der Waals surface area contributed by atoms with Gasteiger partial charge in [0.1, 0.15) is 10.3 Å². The van der Waals surface area contributed by atoms with Gasteiger partial charge in [-0.1, -0.05) is 0 Å². The van der Waals surface area contributed by atoms with Gasteiger partial charge in [-0.2, -0.15) is 4.31 Å². The fourth-order valence-corrected chi connectivity index (χ4v) is 7.67. The molecule has 0 saturated carbocycles. The van der Waals surface area contributed by atoms with Crippen LogP contribution < -0.4 is 10.2 Å². The summed E-state index contributed by atoms with van der Waals surface area (Å²) in [6.45, 7) is 2.49. The van der Waals surface area contributed by atoms with E-state index in [0.717, 1.165) is 32.8 Å². The van der Waals surface area contributed by atoms with Crippen LogP contribution in [0.1, 0.15) is 25.3 Å². The number of nitrogens with zero attached hydrogens (tertiary/aromatic N) is 2. The first kappa shape index (κ1) is 20.5. The maximum Gasteiger partial charge on any atom is 0.253 e. The number of fused-ring (bicyclic) bond motifs is 1. The van der Waals surface area contributed by atoms with Crippen molar-refractivity contribution >= 4 is 60.5 Å². The van der Waals surface area contributed by atoms with E-state index >= 15 is 0 Å². The minimum atomic E-state index is -3.71. The molecule has 7 nitrogen and oxygen atoms in total. The average Bonchev–Trinajstić information content (AvgIpc) is 3.40. The number of anilines is 2. The first-order chi connectivity index (χ1) is 13.8. The molecular weight excluding hydrogens is 478 g/mol. The molecule has 2 aromatic rings. The zero-order valence-electron chi connectivity index (χ0n) is 15.7. The third-order valence-corrected chi connectivity index (χ3v) is 9.24. The van der Waals surface area contributed by atoms with E-state index in [4.69, 9.17) is 0 Å². The van der Waals surface area contributed by atoms with Crippen molar-refractivity contribution in [1.29, 1.82) is 0 Å². The quantitative estimate of drug-likeness (QED) is 0.702. The topological polar surface area (TPSA) is 86.8 Å². The molecule has 1 aromatic carbocycles. The second-order valence-corrected chi connectivity index (χ2v) is 11.7. The molecule has 0 bridgehead atoms. The lowest BCUT2D eigenvalue weighted by atomic mass is 10.1. The van der Waals surface area contributed by atoms with Gasteiger partial charge >= 0.3 is 0 Å². The summed E-state index contributed by atoms with van der Waals surface area (Å²) in [5.41, 5.74) is 2.48.